The molecule has 9 nitrogen and oxygen atoms in total. The zero-order valence-electron chi connectivity index (χ0n) is 15.2. The SMILES string of the molecule is CCCCC[C@H](CN(O)C=O)C(=O)N(N)c1nccc(-c2cccnc2)n1. The van der Waals surface area contributed by atoms with Crippen molar-refractivity contribution in [1.82, 2.24) is 20.0 Å². The van der Waals surface area contributed by atoms with Gasteiger partial charge in [0, 0.05) is 24.2 Å². The second-order valence-corrected chi connectivity index (χ2v) is 6.11. The summed E-state index contributed by atoms with van der Waals surface area (Å²) < 4.78 is 0. The number of carbonyl (C=O) groups excluding carboxylic acids is 2. The maximum Gasteiger partial charge on any atom is 0.248 e. The number of amides is 2. The van der Waals surface area contributed by atoms with Crippen molar-refractivity contribution in [1.29, 1.82) is 0 Å². The van der Waals surface area contributed by atoms with Gasteiger partial charge < -0.3 is 0 Å². The average Bonchev–Trinajstić information content (AvgIpc) is 2.72. The van der Waals surface area contributed by atoms with Crippen molar-refractivity contribution in [2.24, 2.45) is 11.8 Å². The van der Waals surface area contributed by atoms with Crippen LogP contribution >= 0.6 is 0 Å². The first kappa shape index (κ1) is 20.4. The molecule has 0 aliphatic heterocycles. The quantitative estimate of drug-likeness (QED) is 0.163. The van der Waals surface area contributed by atoms with Crippen molar-refractivity contribution in [2.75, 3.05) is 11.6 Å². The molecule has 2 amide bonds. The molecule has 2 aromatic rings. The van der Waals surface area contributed by atoms with Crippen LogP contribution in [0.15, 0.2) is 36.8 Å². The summed E-state index contributed by atoms with van der Waals surface area (Å²) in [4.78, 5) is 36.0. The van der Waals surface area contributed by atoms with E-state index < -0.39 is 11.8 Å². The number of pyridine rings is 1. The Balaban J connectivity index is 2.18. The van der Waals surface area contributed by atoms with Gasteiger partial charge in [0.1, 0.15) is 0 Å². The van der Waals surface area contributed by atoms with E-state index in [-0.39, 0.29) is 18.9 Å². The largest absolute Gasteiger partial charge is 0.286 e. The number of aromatic nitrogens is 3. The number of unbranched alkanes of at least 4 members (excludes halogenated alkanes) is 2. The summed E-state index contributed by atoms with van der Waals surface area (Å²) in [5.41, 5.74) is 1.35. The van der Waals surface area contributed by atoms with Crippen LogP contribution in [-0.2, 0) is 9.59 Å². The van der Waals surface area contributed by atoms with E-state index in [1.54, 1.807) is 24.5 Å². The topological polar surface area (TPSA) is 126 Å². The highest BCUT2D eigenvalue weighted by Gasteiger charge is 2.26. The average molecular weight is 372 g/mol. The van der Waals surface area contributed by atoms with E-state index in [4.69, 9.17) is 5.84 Å². The highest BCUT2D eigenvalue weighted by molar-refractivity contribution is 5.92. The van der Waals surface area contributed by atoms with E-state index in [1.807, 2.05) is 13.0 Å². The summed E-state index contributed by atoms with van der Waals surface area (Å²) in [6, 6.07) is 5.31. The number of rotatable bonds is 10. The van der Waals surface area contributed by atoms with Crippen molar-refractivity contribution in [2.45, 2.75) is 32.6 Å². The van der Waals surface area contributed by atoms with Gasteiger partial charge in [0.05, 0.1) is 18.2 Å². The lowest BCUT2D eigenvalue weighted by atomic mass is 10.00. The molecule has 0 bridgehead atoms. The third kappa shape index (κ3) is 5.80. The Morgan fingerprint density at radius 2 is 2.15 bits per heavy atom. The number of nitrogens with two attached hydrogens (primary N) is 1. The molecule has 2 heterocycles. The molecule has 2 rings (SSSR count). The van der Waals surface area contributed by atoms with Crippen molar-refractivity contribution in [3.05, 3.63) is 36.8 Å². The lowest BCUT2D eigenvalue weighted by Gasteiger charge is -2.23. The summed E-state index contributed by atoms with van der Waals surface area (Å²) in [5.74, 6) is 4.89. The van der Waals surface area contributed by atoms with Gasteiger partial charge in [-0.25, -0.2) is 25.9 Å². The van der Waals surface area contributed by atoms with Gasteiger partial charge in [-0.3, -0.25) is 19.8 Å². The zero-order chi connectivity index (χ0) is 19.6. The highest BCUT2D eigenvalue weighted by Crippen LogP contribution is 2.19. The van der Waals surface area contributed by atoms with E-state index >= 15 is 0 Å². The number of hydrogen-bond acceptors (Lipinski definition) is 7. The fraction of sp³-hybridized carbons (Fsp3) is 0.389. The molecule has 0 aliphatic carbocycles. The highest BCUT2D eigenvalue weighted by atomic mass is 16.5. The molecule has 9 heteroatoms. The molecule has 0 spiro atoms. The van der Waals surface area contributed by atoms with Crippen LogP contribution in [0.1, 0.15) is 32.6 Å². The second kappa shape index (κ2) is 10.3. The van der Waals surface area contributed by atoms with Gasteiger partial charge in [-0.2, -0.15) is 0 Å². The molecule has 0 fully saturated rings. The van der Waals surface area contributed by atoms with Gasteiger partial charge in [-0.05, 0) is 24.6 Å². The predicted octanol–water partition coefficient (Wildman–Crippen LogP) is 1.79. The van der Waals surface area contributed by atoms with E-state index in [2.05, 4.69) is 15.0 Å². The first-order chi connectivity index (χ1) is 13.1. The van der Waals surface area contributed by atoms with Crippen LogP contribution in [0, 0.1) is 5.92 Å². The molecule has 0 aromatic carbocycles. The summed E-state index contributed by atoms with van der Waals surface area (Å²) in [6.45, 7) is 1.91. The molecule has 0 unspecified atom stereocenters. The van der Waals surface area contributed by atoms with Crippen LogP contribution < -0.4 is 10.9 Å². The first-order valence-corrected chi connectivity index (χ1v) is 8.79. The van der Waals surface area contributed by atoms with Gasteiger partial charge in [-0.1, -0.05) is 26.2 Å². The van der Waals surface area contributed by atoms with Crippen LogP contribution in [0.4, 0.5) is 5.95 Å². The lowest BCUT2D eigenvalue weighted by Crippen LogP contribution is -2.45. The van der Waals surface area contributed by atoms with E-state index in [9.17, 15) is 14.8 Å². The minimum atomic E-state index is -0.651. The maximum absolute atomic E-state index is 12.8. The van der Waals surface area contributed by atoms with Crippen LogP contribution in [-0.4, -0.2) is 44.1 Å². The molecule has 144 valence electrons. The van der Waals surface area contributed by atoms with Crippen LogP contribution in [0.25, 0.3) is 11.3 Å². The Labute approximate surface area is 157 Å². The molecule has 2 aromatic heterocycles. The van der Waals surface area contributed by atoms with Gasteiger partial charge in [0.2, 0.25) is 18.3 Å². The van der Waals surface area contributed by atoms with Gasteiger partial charge >= 0.3 is 0 Å². The van der Waals surface area contributed by atoms with Crippen LogP contribution in [0.3, 0.4) is 0 Å². The van der Waals surface area contributed by atoms with Crippen LogP contribution in [0.5, 0.6) is 0 Å². The summed E-state index contributed by atoms with van der Waals surface area (Å²) in [5, 5.41) is 10.8. The third-order valence-corrected chi connectivity index (χ3v) is 4.09. The van der Waals surface area contributed by atoms with Gasteiger partial charge in [0.25, 0.3) is 0 Å². The standard InChI is InChI=1S/C18H24N6O3/c1-2-3-4-6-15(12-23(27)13-25)17(26)24(19)18-21-10-8-16(22-18)14-7-5-9-20-11-14/h5,7-11,13,15,27H,2-4,6,12,19H2,1H3/t15-/m1/s1. The Morgan fingerprint density at radius 3 is 2.81 bits per heavy atom. The summed E-state index contributed by atoms with van der Waals surface area (Å²) in [7, 11) is 0. The number of carbonyl (C=O) groups is 2. The fourth-order valence-electron chi connectivity index (χ4n) is 2.64. The van der Waals surface area contributed by atoms with Crippen molar-refractivity contribution >= 4 is 18.3 Å². The Kier molecular flexibility index (Phi) is 7.78. The monoisotopic (exact) mass is 372 g/mol. The summed E-state index contributed by atoms with van der Waals surface area (Å²) >= 11 is 0. The number of hydrazine groups is 1. The zero-order valence-corrected chi connectivity index (χ0v) is 15.2. The molecule has 0 saturated heterocycles. The maximum atomic E-state index is 12.8. The molecule has 27 heavy (non-hydrogen) atoms. The summed E-state index contributed by atoms with van der Waals surface area (Å²) in [6.07, 6.45) is 8.27. The fourth-order valence-corrected chi connectivity index (χ4v) is 2.64. The molecule has 0 aliphatic rings. The first-order valence-electron chi connectivity index (χ1n) is 8.79. The van der Waals surface area contributed by atoms with E-state index in [0.29, 0.717) is 17.2 Å². The molecular formula is C18H24N6O3. The van der Waals surface area contributed by atoms with Crippen LogP contribution in [0.2, 0.25) is 0 Å². The molecule has 0 radical (unpaired) electrons. The Hall–Kier alpha value is -2.91. The van der Waals surface area contributed by atoms with E-state index in [1.165, 1.54) is 6.20 Å². The minimum Gasteiger partial charge on any atom is -0.286 e. The number of hydrogen-bond donors (Lipinski definition) is 2. The second-order valence-electron chi connectivity index (χ2n) is 6.11. The molecule has 1 atom stereocenters. The van der Waals surface area contributed by atoms with Gasteiger partial charge in [-0.15, -0.1) is 0 Å². The normalized spacial score (nSPS) is 11.7. The van der Waals surface area contributed by atoms with Crippen molar-refractivity contribution < 1.29 is 14.8 Å². The smallest absolute Gasteiger partial charge is 0.248 e. The number of anilines is 1. The molecule has 0 saturated carbocycles. The third-order valence-electron chi connectivity index (χ3n) is 4.09. The van der Waals surface area contributed by atoms with Crippen molar-refractivity contribution in [3.63, 3.8) is 0 Å². The number of nitrogens with zero attached hydrogens (tertiary/aromatic N) is 5. The number of hydroxylamine groups is 2. The van der Waals surface area contributed by atoms with Gasteiger partial charge in [0.15, 0.2) is 0 Å². The van der Waals surface area contributed by atoms with Crippen molar-refractivity contribution in [3.8, 4) is 11.3 Å². The molecule has 3 N–H and O–H groups in total. The molecular weight excluding hydrogens is 348 g/mol. The minimum absolute atomic E-state index is 0.0393. The predicted molar refractivity (Wildman–Crippen MR) is 99.1 cm³/mol. The Bertz CT molecular complexity index is 743. The lowest BCUT2D eigenvalue weighted by molar-refractivity contribution is -0.154. The Morgan fingerprint density at radius 1 is 1.33 bits per heavy atom. The van der Waals surface area contributed by atoms with E-state index in [0.717, 1.165) is 29.8 Å².